The van der Waals surface area contributed by atoms with Gasteiger partial charge in [-0.3, -0.25) is 9.88 Å². The topological polar surface area (TPSA) is 75.9 Å². The minimum Gasteiger partial charge on any atom is -0.494 e. The minimum atomic E-state index is 0. The van der Waals surface area contributed by atoms with Crippen molar-refractivity contribution in [3.05, 3.63) is 47.7 Å². The molecule has 3 aromatic rings. The zero-order valence-electron chi connectivity index (χ0n) is 14.4. The highest BCUT2D eigenvalue weighted by atomic mass is 35.5. The van der Waals surface area contributed by atoms with Gasteiger partial charge in [-0.1, -0.05) is 18.6 Å². The van der Waals surface area contributed by atoms with Gasteiger partial charge in [0.15, 0.2) is 5.88 Å². The molecule has 6 heteroatoms. The highest BCUT2D eigenvalue weighted by molar-refractivity contribution is 5.98. The fraction of sp³-hybridized carbons (Fsp3) is 0.300. The number of pyridine rings is 1. The third-order valence-electron chi connectivity index (χ3n) is 4.84. The number of hydrogen-bond acceptors (Lipinski definition) is 4. The first-order valence-corrected chi connectivity index (χ1v) is 8.67. The Morgan fingerprint density at radius 1 is 1.15 bits per heavy atom. The van der Waals surface area contributed by atoms with Crippen LogP contribution in [0, 0.1) is 11.3 Å². The maximum Gasteiger partial charge on any atom is 0.199 e. The van der Waals surface area contributed by atoms with Crippen LogP contribution in [0.25, 0.3) is 22.2 Å². The summed E-state index contributed by atoms with van der Waals surface area (Å²) in [7, 11) is 0. The number of aromatic nitrogens is 2. The Morgan fingerprint density at radius 2 is 1.96 bits per heavy atom. The second-order valence-electron chi connectivity index (χ2n) is 6.61. The molecule has 2 N–H and O–H groups in total. The zero-order chi connectivity index (χ0) is 17.2. The molecule has 2 aromatic heterocycles. The molecular formula is C20H21ClN4O. The summed E-state index contributed by atoms with van der Waals surface area (Å²) in [6.07, 6.45) is 5.78. The van der Waals surface area contributed by atoms with E-state index in [1.54, 1.807) is 12.1 Å². The normalized spacial score (nSPS) is 14.7. The second kappa shape index (κ2) is 7.77. The molecule has 0 aliphatic carbocycles. The fourth-order valence-electron chi connectivity index (χ4n) is 3.55. The number of nitrogens with one attached hydrogen (secondary N) is 1. The molecule has 0 atom stereocenters. The van der Waals surface area contributed by atoms with Crippen LogP contribution in [0.5, 0.6) is 5.88 Å². The Kier molecular flexibility index (Phi) is 5.46. The number of halogens is 1. The quantitative estimate of drug-likeness (QED) is 0.725. The van der Waals surface area contributed by atoms with Gasteiger partial charge in [-0.15, -0.1) is 12.4 Å². The van der Waals surface area contributed by atoms with Gasteiger partial charge in [0.05, 0.1) is 28.4 Å². The predicted molar refractivity (Wildman–Crippen MR) is 104 cm³/mol. The molecule has 134 valence electrons. The van der Waals surface area contributed by atoms with E-state index >= 15 is 0 Å². The van der Waals surface area contributed by atoms with E-state index in [-0.39, 0.29) is 18.3 Å². The number of rotatable bonds is 3. The van der Waals surface area contributed by atoms with Crippen LogP contribution in [0.2, 0.25) is 0 Å². The Hall–Kier alpha value is -2.55. The standard InChI is InChI=1S/C20H20N4O.ClH/c21-11-14-4-6-16-18(10-14)23-20(25)19(16)17-7-5-15(12-22-17)13-24-8-2-1-3-9-24;/h4-7,10,12,23,25H,1-3,8-9,13H2;1H. The molecule has 1 fully saturated rings. The maximum absolute atomic E-state index is 10.3. The van der Waals surface area contributed by atoms with Crippen LogP contribution in [0.1, 0.15) is 30.4 Å². The summed E-state index contributed by atoms with van der Waals surface area (Å²) >= 11 is 0. The van der Waals surface area contributed by atoms with Crippen LogP contribution >= 0.6 is 12.4 Å². The summed E-state index contributed by atoms with van der Waals surface area (Å²) in [5.74, 6) is 0.0846. The summed E-state index contributed by atoms with van der Waals surface area (Å²) in [6, 6.07) is 11.5. The molecular weight excluding hydrogens is 348 g/mol. The smallest absolute Gasteiger partial charge is 0.199 e. The number of piperidine rings is 1. The number of aromatic amines is 1. The van der Waals surface area contributed by atoms with E-state index in [0.29, 0.717) is 11.1 Å². The Labute approximate surface area is 158 Å². The first-order valence-electron chi connectivity index (χ1n) is 8.67. The molecule has 1 saturated heterocycles. The van der Waals surface area contributed by atoms with Crippen molar-refractivity contribution < 1.29 is 5.11 Å². The lowest BCUT2D eigenvalue weighted by molar-refractivity contribution is 0.220. The van der Waals surface area contributed by atoms with Crippen molar-refractivity contribution in [2.75, 3.05) is 13.1 Å². The summed E-state index contributed by atoms with van der Waals surface area (Å²) < 4.78 is 0. The van der Waals surface area contributed by atoms with E-state index in [0.717, 1.165) is 36.2 Å². The van der Waals surface area contributed by atoms with Crippen molar-refractivity contribution in [3.8, 4) is 23.2 Å². The predicted octanol–water partition coefficient (Wildman–Crippen LogP) is 4.21. The van der Waals surface area contributed by atoms with Crippen molar-refractivity contribution in [3.63, 3.8) is 0 Å². The summed E-state index contributed by atoms with van der Waals surface area (Å²) in [5.41, 5.74) is 3.91. The number of likely N-dealkylation sites (tertiary alicyclic amines) is 1. The second-order valence-corrected chi connectivity index (χ2v) is 6.61. The molecule has 3 heterocycles. The van der Waals surface area contributed by atoms with Crippen molar-refractivity contribution >= 4 is 23.3 Å². The first kappa shape index (κ1) is 18.2. The number of H-pyrrole nitrogens is 1. The lowest BCUT2D eigenvalue weighted by atomic mass is 10.1. The Bertz CT molecular complexity index is 937. The average Bonchev–Trinajstić information content (AvgIpc) is 2.98. The summed E-state index contributed by atoms with van der Waals surface area (Å²) in [5, 5.41) is 20.2. The third kappa shape index (κ3) is 3.52. The number of benzene rings is 1. The monoisotopic (exact) mass is 368 g/mol. The average molecular weight is 369 g/mol. The number of aromatic hydroxyl groups is 1. The van der Waals surface area contributed by atoms with Crippen molar-refractivity contribution in [1.82, 2.24) is 14.9 Å². The van der Waals surface area contributed by atoms with E-state index in [2.05, 4.69) is 27.0 Å². The molecule has 0 spiro atoms. The van der Waals surface area contributed by atoms with E-state index in [1.807, 2.05) is 18.3 Å². The van der Waals surface area contributed by atoms with Crippen LogP contribution < -0.4 is 0 Å². The summed E-state index contributed by atoms with van der Waals surface area (Å²) in [4.78, 5) is 9.97. The van der Waals surface area contributed by atoms with Crippen LogP contribution in [0.15, 0.2) is 36.5 Å². The minimum absolute atomic E-state index is 0. The molecule has 0 bridgehead atoms. The molecule has 1 aliphatic heterocycles. The molecule has 1 aliphatic rings. The SMILES string of the molecule is Cl.N#Cc1ccc2c(-c3ccc(CN4CCCCC4)cn3)c(O)[nH]c2c1. The molecule has 5 nitrogen and oxygen atoms in total. The molecule has 26 heavy (non-hydrogen) atoms. The Balaban J connectivity index is 0.00000196. The van der Waals surface area contributed by atoms with Crippen LogP contribution in [-0.4, -0.2) is 33.1 Å². The fourth-order valence-corrected chi connectivity index (χ4v) is 3.55. The van der Waals surface area contributed by atoms with Gasteiger partial charge >= 0.3 is 0 Å². The highest BCUT2D eigenvalue weighted by Gasteiger charge is 2.15. The van der Waals surface area contributed by atoms with Gasteiger partial charge in [0.1, 0.15) is 0 Å². The molecule has 1 aromatic carbocycles. The molecule has 0 radical (unpaired) electrons. The van der Waals surface area contributed by atoms with Gasteiger partial charge in [0.2, 0.25) is 0 Å². The third-order valence-corrected chi connectivity index (χ3v) is 4.84. The van der Waals surface area contributed by atoms with Gasteiger partial charge in [-0.05, 0) is 49.7 Å². The summed E-state index contributed by atoms with van der Waals surface area (Å²) in [6.45, 7) is 3.25. The largest absolute Gasteiger partial charge is 0.494 e. The van der Waals surface area contributed by atoms with Crippen molar-refractivity contribution in [2.24, 2.45) is 0 Å². The number of nitriles is 1. The van der Waals surface area contributed by atoms with Gasteiger partial charge in [-0.2, -0.15) is 5.26 Å². The van der Waals surface area contributed by atoms with E-state index in [9.17, 15) is 5.11 Å². The number of nitrogens with zero attached hydrogens (tertiary/aromatic N) is 3. The van der Waals surface area contributed by atoms with Crippen molar-refractivity contribution in [2.45, 2.75) is 25.8 Å². The van der Waals surface area contributed by atoms with E-state index in [1.165, 1.54) is 24.8 Å². The van der Waals surface area contributed by atoms with Gasteiger partial charge in [0.25, 0.3) is 0 Å². The van der Waals surface area contributed by atoms with Gasteiger partial charge < -0.3 is 10.1 Å². The van der Waals surface area contributed by atoms with Crippen LogP contribution in [0.3, 0.4) is 0 Å². The van der Waals surface area contributed by atoms with Crippen molar-refractivity contribution in [1.29, 1.82) is 5.26 Å². The Morgan fingerprint density at radius 3 is 2.65 bits per heavy atom. The van der Waals surface area contributed by atoms with E-state index < -0.39 is 0 Å². The van der Waals surface area contributed by atoms with Crippen LogP contribution in [-0.2, 0) is 6.54 Å². The maximum atomic E-state index is 10.3. The zero-order valence-corrected chi connectivity index (χ0v) is 15.2. The molecule has 0 amide bonds. The number of hydrogen-bond donors (Lipinski definition) is 2. The lowest BCUT2D eigenvalue weighted by Crippen LogP contribution is -2.29. The lowest BCUT2D eigenvalue weighted by Gasteiger charge is -2.26. The van der Waals surface area contributed by atoms with E-state index in [4.69, 9.17) is 5.26 Å². The first-order chi connectivity index (χ1) is 12.2. The van der Waals surface area contributed by atoms with Gasteiger partial charge in [-0.25, -0.2) is 0 Å². The number of fused-ring (bicyclic) bond motifs is 1. The van der Waals surface area contributed by atoms with Gasteiger partial charge in [0, 0.05) is 18.1 Å². The molecule has 0 saturated carbocycles. The van der Waals surface area contributed by atoms with Crippen LogP contribution in [0.4, 0.5) is 0 Å². The molecule has 4 rings (SSSR count). The highest BCUT2D eigenvalue weighted by Crippen LogP contribution is 2.35. The molecule has 0 unspecified atom stereocenters.